The second-order valence-electron chi connectivity index (χ2n) is 7.33. The van der Waals surface area contributed by atoms with Crippen LogP contribution in [0.5, 0.6) is 0 Å². The Hall–Kier alpha value is -3.40. The molecule has 0 heterocycles. The molecule has 0 aliphatic carbocycles. The molecule has 3 rings (SSSR count). The minimum atomic E-state index is -0.417. The SMILES string of the molecule is CCCCCC(=O)Nc1cccc(NC(=O)C(c2ccccc2)c2ccccc2)c1. The molecule has 0 radical (unpaired) electrons. The van der Waals surface area contributed by atoms with Gasteiger partial charge in [-0.05, 0) is 35.7 Å². The fraction of sp³-hybridized carbons (Fsp3) is 0.231. The lowest BCUT2D eigenvalue weighted by Crippen LogP contribution is -2.22. The van der Waals surface area contributed by atoms with Gasteiger partial charge in [0.05, 0.1) is 5.92 Å². The molecule has 0 fully saturated rings. The molecule has 3 aromatic carbocycles. The molecule has 0 saturated carbocycles. The standard InChI is InChI=1S/C26H28N2O2/c1-2-3-6-18-24(29)27-22-16-11-17-23(19-22)28-26(30)25(20-12-7-4-8-13-20)21-14-9-5-10-15-21/h4-5,7-17,19,25H,2-3,6,18H2,1H3,(H,27,29)(H,28,30). The van der Waals surface area contributed by atoms with Crippen molar-refractivity contribution in [2.75, 3.05) is 10.6 Å². The van der Waals surface area contributed by atoms with E-state index in [0.717, 1.165) is 30.4 Å². The van der Waals surface area contributed by atoms with E-state index in [1.165, 1.54) is 0 Å². The van der Waals surface area contributed by atoms with Crippen molar-refractivity contribution in [3.05, 3.63) is 96.1 Å². The lowest BCUT2D eigenvalue weighted by Gasteiger charge is -2.18. The topological polar surface area (TPSA) is 58.2 Å². The summed E-state index contributed by atoms with van der Waals surface area (Å²) in [5.74, 6) is -0.531. The molecule has 154 valence electrons. The largest absolute Gasteiger partial charge is 0.326 e. The maximum atomic E-state index is 13.2. The zero-order chi connectivity index (χ0) is 21.2. The van der Waals surface area contributed by atoms with Gasteiger partial charge in [0.2, 0.25) is 11.8 Å². The van der Waals surface area contributed by atoms with Crippen LogP contribution in [-0.4, -0.2) is 11.8 Å². The van der Waals surface area contributed by atoms with E-state index in [9.17, 15) is 9.59 Å². The van der Waals surface area contributed by atoms with Gasteiger partial charge in [0.25, 0.3) is 0 Å². The third-order valence-electron chi connectivity index (χ3n) is 4.95. The number of nitrogens with one attached hydrogen (secondary N) is 2. The van der Waals surface area contributed by atoms with Crippen molar-refractivity contribution in [2.24, 2.45) is 0 Å². The number of carbonyl (C=O) groups is 2. The zero-order valence-corrected chi connectivity index (χ0v) is 17.3. The third-order valence-corrected chi connectivity index (χ3v) is 4.95. The van der Waals surface area contributed by atoms with Crippen LogP contribution in [0.1, 0.15) is 49.7 Å². The van der Waals surface area contributed by atoms with Crippen LogP contribution in [0, 0.1) is 0 Å². The van der Waals surface area contributed by atoms with E-state index in [0.29, 0.717) is 17.8 Å². The van der Waals surface area contributed by atoms with E-state index in [1.54, 1.807) is 6.07 Å². The molecule has 4 nitrogen and oxygen atoms in total. The van der Waals surface area contributed by atoms with Crippen LogP contribution < -0.4 is 10.6 Å². The maximum absolute atomic E-state index is 13.2. The minimum absolute atomic E-state index is 0.00151. The number of anilines is 2. The zero-order valence-electron chi connectivity index (χ0n) is 17.3. The van der Waals surface area contributed by atoms with Crippen molar-refractivity contribution in [1.29, 1.82) is 0 Å². The van der Waals surface area contributed by atoms with Gasteiger partial charge in [0.15, 0.2) is 0 Å². The number of benzene rings is 3. The molecule has 4 heteroatoms. The van der Waals surface area contributed by atoms with Crippen LogP contribution >= 0.6 is 0 Å². The Labute approximate surface area is 178 Å². The van der Waals surface area contributed by atoms with Gasteiger partial charge in [0, 0.05) is 17.8 Å². The van der Waals surface area contributed by atoms with Crippen molar-refractivity contribution in [3.8, 4) is 0 Å². The van der Waals surface area contributed by atoms with E-state index in [-0.39, 0.29) is 11.8 Å². The van der Waals surface area contributed by atoms with Gasteiger partial charge >= 0.3 is 0 Å². The molecule has 30 heavy (non-hydrogen) atoms. The van der Waals surface area contributed by atoms with Gasteiger partial charge in [-0.2, -0.15) is 0 Å². The molecule has 2 amide bonds. The van der Waals surface area contributed by atoms with Gasteiger partial charge in [0.1, 0.15) is 0 Å². The summed E-state index contributed by atoms with van der Waals surface area (Å²) in [6, 6.07) is 26.8. The normalized spacial score (nSPS) is 10.6. The van der Waals surface area contributed by atoms with Gasteiger partial charge in [-0.25, -0.2) is 0 Å². The van der Waals surface area contributed by atoms with Crippen LogP contribution in [-0.2, 0) is 9.59 Å². The molecule has 2 N–H and O–H groups in total. The minimum Gasteiger partial charge on any atom is -0.326 e. The predicted octanol–water partition coefficient (Wildman–Crippen LogP) is 5.98. The van der Waals surface area contributed by atoms with Crippen molar-refractivity contribution in [2.45, 2.75) is 38.5 Å². The van der Waals surface area contributed by atoms with Crippen LogP contribution in [0.3, 0.4) is 0 Å². The molecular formula is C26H28N2O2. The molecule has 0 aromatic heterocycles. The Bertz CT molecular complexity index is 916. The highest BCUT2D eigenvalue weighted by Crippen LogP contribution is 2.27. The van der Waals surface area contributed by atoms with E-state index in [2.05, 4.69) is 17.6 Å². The summed E-state index contributed by atoms with van der Waals surface area (Å²) in [5, 5.41) is 5.93. The highest BCUT2D eigenvalue weighted by molar-refractivity contribution is 5.99. The molecule has 0 atom stereocenters. The summed E-state index contributed by atoms with van der Waals surface area (Å²) in [7, 11) is 0. The first-order valence-electron chi connectivity index (χ1n) is 10.5. The second kappa shape index (κ2) is 11.0. The number of rotatable bonds is 9. The Morgan fingerprint density at radius 3 is 1.87 bits per heavy atom. The van der Waals surface area contributed by atoms with Gasteiger partial charge in [-0.15, -0.1) is 0 Å². The monoisotopic (exact) mass is 400 g/mol. The Morgan fingerprint density at radius 1 is 0.733 bits per heavy atom. The summed E-state index contributed by atoms with van der Waals surface area (Å²) in [6.07, 6.45) is 3.52. The molecule has 0 unspecified atom stereocenters. The Balaban J connectivity index is 1.74. The summed E-state index contributed by atoms with van der Waals surface area (Å²) >= 11 is 0. The molecular weight excluding hydrogens is 372 g/mol. The summed E-state index contributed by atoms with van der Waals surface area (Å²) in [6.45, 7) is 2.11. The molecule has 0 aliphatic rings. The molecule has 0 saturated heterocycles. The average molecular weight is 401 g/mol. The fourth-order valence-electron chi connectivity index (χ4n) is 3.43. The fourth-order valence-corrected chi connectivity index (χ4v) is 3.43. The first kappa shape index (κ1) is 21.3. The van der Waals surface area contributed by atoms with Crippen LogP contribution in [0.4, 0.5) is 11.4 Å². The Kier molecular flexibility index (Phi) is 7.78. The summed E-state index contributed by atoms with van der Waals surface area (Å²) < 4.78 is 0. The summed E-state index contributed by atoms with van der Waals surface area (Å²) in [4.78, 5) is 25.3. The number of hydrogen-bond acceptors (Lipinski definition) is 2. The lowest BCUT2D eigenvalue weighted by molar-refractivity contribution is -0.117. The average Bonchev–Trinajstić information content (AvgIpc) is 2.76. The van der Waals surface area contributed by atoms with E-state index < -0.39 is 5.92 Å². The van der Waals surface area contributed by atoms with Crippen molar-refractivity contribution in [3.63, 3.8) is 0 Å². The number of amides is 2. The first-order valence-corrected chi connectivity index (χ1v) is 10.5. The molecule has 0 bridgehead atoms. The van der Waals surface area contributed by atoms with E-state index >= 15 is 0 Å². The third kappa shape index (κ3) is 6.05. The van der Waals surface area contributed by atoms with Crippen molar-refractivity contribution < 1.29 is 9.59 Å². The van der Waals surface area contributed by atoms with Crippen molar-refractivity contribution in [1.82, 2.24) is 0 Å². The highest BCUT2D eigenvalue weighted by atomic mass is 16.2. The predicted molar refractivity (Wildman–Crippen MR) is 123 cm³/mol. The molecule has 0 aliphatic heterocycles. The Morgan fingerprint density at radius 2 is 1.30 bits per heavy atom. The number of hydrogen-bond donors (Lipinski definition) is 2. The number of carbonyl (C=O) groups excluding carboxylic acids is 2. The van der Waals surface area contributed by atoms with E-state index in [1.807, 2.05) is 78.9 Å². The van der Waals surface area contributed by atoms with Crippen molar-refractivity contribution >= 4 is 23.2 Å². The summed E-state index contributed by atoms with van der Waals surface area (Å²) in [5.41, 5.74) is 3.21. The quantitative estimate of drug-likeness (QED) is 0.434. The first-order chi connectivity index (χ1) is 14.7. The highest BCUT2D eigenvalue weighted by Gasteiger charge is 2.22. The molecule has 0 spiro atoms. The van der Waals surface area contributed by atoms with Gasteiger partial charge in [-0.3, -0.25) is 9.59 Å². The lowest BCUT2D eigenvalue weighted by atomic mass is 9.90. The second-order valence-corrected chi connectivity index (χ2v) is 7.33. The van der Waals surface area contributed by atoms with E-state index in [4.69, 9.17) is 0 Å². The van der Waals surface area contributed by atoms with Crippen LogP contribution in [0.2, 0.25) is 0 Å². The van der Waals surface area contributed by atoms with Crippen LogP contribution in [0.25, 0.3) is 0 Å². The number of unbranched alkanes of at least 4 members (excludes halogenated alkanes) is 2. The smallest absolute Gasteiger partial charge is 0.236 e. The van der Waals surface area contributed by atoms with Crippen LogP contribution in [0.15, 0.2) is 84.9 Å². The van der Waals surface area contributed by atoms with Gasteiger partial charge in [-0.1, -0.05) is 86.5 Å². The maximum Gasteiger partial charge on any atom is 0.236 e. The molecule has 3 aromatic rings. The van der Waals surface area contributed by atoms with Gasteiger partial charge < -0.3 is 10.6 Å².